The number of fused-ring (bicyclic) bond motifs is 2. The lowest BCUT2D eigenvalue weighted by molar-refractivity contribution is 0.0679. The minimum atomic E-state index is -3.66. The predicted octanol–water partition coefficient (Wildman–Crippen LogP) is 0.735. The molecule has 1 N–H and O–H groups in total. The molecule has 1 aromatic heterocycles. The van der Waals surface area contributed by atoms with Gasteiger partial charge >= 0.3 is 0 Å². The van der Waals surface area contributed by atoms with E-state index in [1.165, 1.54) is 15.6 Å². The zero-order valence-electron chi connectivity index (χ0n) is 14.0. The molecule has 0 aromatic carbocycles. The third-order valence-electron chi connectivity index (χ3n) is 5.30. The van der Waals surface area contributed by atoms with Crippen molar-refractivity contribution in [3.8, 4) is 0 Å². The zero-order chi connectivity index (χ0) is 17.4. The van der Waals surface area contributed by atoms with Gasteiger partial charge in [0.25, 0.3) is 5.91 Å². The fourth-order valence-corrected chi connectivity index (χ4v) is 6.76. The molecule has 2 atom stereocenters. The topological polar surface area (TPSA) is 79.0 Å². The van der Waals surface area contributed by atoms with Gasteiger partial charge in [0.05, 0.1) is 13.2 Å². The number of hydrogen-bond donors (Lipinski definition) is 1. The van der Waals surface area contributed by atoms with E-state index in [-0.39, 0.29) is 22.9 Å². The summed E-state index contributed by atoms with van der Waals surface area (Å²) in [7, 11) is -3.66. The van der Waals surface area contributed by atoms with Crippen LogP contribution in [0.4, 0.5) is 0 Å². The molecular formula is C16H23N3O4S2. The van der Waals surface area contributed by atoms with Gasteiger partial charge in [-0.3, -0.25) is 4.79 Å². The molecule has 25 heavy (non-hydrogen) atoms. The number of morpholine rings is 1. The monoisotopic (exact) mass is 385 g/mol. The van der Waals surface area contributed by atoms with E-state index in [4.69, 9.17) is 4.74 Å². The van der Waals surface area contributed by atoms with Gasteiger partial charge in [-0.2, -0.15) is 4.31 Å². The second-order valence-electron chi connectivity index (χ2n) is 6.72. The number of hydrogen-bond acceptors (Lipinski definition) is 6. The molecule has 2 unspecified atom stereocenters. The first-order valence-electron chi connectivity index (χ1n) is 8.78. The van der Waals surface area contributed by atoms with Gasteiger partial charge in [0.2, 0.25) is 10.0 Å². The molecule has 3 aliphatic rings. The number of sulfonamides is 1. The van der Waals surface area contributed by atoms with Gasteiger partial charge in [-0.1, -0.05) is 0 Å². The summed E-state index contributed by atoms with van der Waals surface area (Å²) in [6, 6.07) is 1.95. The molecule has 2 bridgehead atoms. The third-order valence-corrected chi connectivity index (χ3v) is 8.27. The second kappa shape index (κ2) is 6.96. The molecule has 7 nitrogen and oxygen atoms in total. The number of carbonyl (C=O) groups excluding carboxylic acids is 1. The molecule has 0 aliphatic carbocycles. The first-order valence-corrected chi connectivity index (χ1v) is 11.1. The van der Waals surface area contributed by atoms with Crippen LogP contribution in [0, 0.1) is 0 Å². The SMILES string of the molecule is O=C(c1sccc1S(=O)(=O)N1CCOCC1)N1C2CCNCC1CC2. The summed E-state index contributed by atoms with van der Waals surface area (Å²) in [5.74, 6) is -0.127. The Morgan fingerprint density at radius 1 is 1.20 bits per heavy atom. The molecule has 4 rings (SSSR count). The fourth-order valence-electron chi connectivity index (χ4n) is 4.01. The number of thiophene rings is 1. The van der Waals surface area contributed by atoms with E-state index in [0.29, 0.717) is 31.2 Å². The van der Waals surface area contributed by atoms with E-state index in [0.717, 1.165) is 32.4 Å². The van der Waals surface area contributed by atoms with Crippen LogP contribution in [0.25, 0.3) is 0 Å². The number of amides is 1. The van der Waals surface area contributed by atoms with Crippen molar-refractivity contribution in [1.82, 2.24) is 14.5 Å². The average molecular weight is 386 g/mol. The van der Waals surface area contributed by atoms with Crippen LogP contribution in [0.1, 0.15) is 28.9 Å². The van der Waals surface area contributed by atoms with E-state index < -0.39 is 10.0 Å². The Kier molecular flexibility index (Phi) is 4.85. The summed E-state index contributed by atoms with van der Waals surface area (Å²) >= 11 is 1.23. The first-order chi connectivity index (χ1) is 12.1. The molecule has 3 aliphatic heterocycles. The number of ether oxygens (including phenoxy) is 1. The maximum Gasteiger partial charge on any atom is 0.265 e. The molecule has 0 radical (unpaired) electrons. The standard InChI is InChI=1S/C16H23N3O4S2/c20-16(19-12-1-2-13(19)11-17-5-3-12)15-14(4-10-24-15)25(21,22)18-6-8-23-9-7-18/h4,10,12-13,17H,1-3,5-9,11H2. The number of rotatable bonds is 3. The van der Waals surface area contributed by atoms with E-state index in [2.05, 4.69) is 5.32 Å². The Morgan fingerprint density at radius 2 is 1.96 bits per heavy atom. The molecule has 1 amide bonds. The Hall–Kier alpha value is -1.00. The maximum absolute atomic E-state index is 13.2. The lowest BCUT2D eigenvalue weighted by Gasteiger charge is -2.29. The Morgan fingerprint density at radius 3 is 2.76 bits per heavy atom. The van der Waals surface area contributed by atoms with E-state index in [1.54, 1.807) is 11.4 Å². The van der Waals surface area contributed by atoms with Crippen LogP contribution in [-0.4, -0.2) is 75.0 Å². The third kappa shape index (κ3) is 3.12. The van der Waals surface area contributed by atoms with Crippen LogP contribution in [-0.2, 0) is 14.8 Å². The summed E-state index contributed by atoms with van der Waals surface area (Å²) in [6.07, 6.45) is 2.93. The summed E-state index contributed by atoms with van der Waals surface area (Å²) < 4.78 is 32.7. The van der Waals surface area contributed by atoms with Gasteiger partial charge in [-0.25, -0.2) is 8.42 Å². The van der Waals surface area contributed by atoms with Crippen LogP contribution in [0.15, 0.2) is 16.3 Å². The lowest BCUT2D eigenvalue weighted by Crippen LogP contribution is -2.44. The Labute approximate surface area is 152 Å². The van der Waals surface area contributed by atoms with Crippen molar-refractivity contribution in [2.24, 2.45) is 0 Å². The van der Waals surface area contributed by atoms with Crippen molar-refractivity contribution >= 4 is 27.3 Å². The average Bonchev–Trinajstić information content (AvgIpc) is 3.19. The predicted molar refractivity (Wildman–Crippen MR) is 94.4 cm³/mol. The Bertz CT molecular complexity index is 728. The molecule has 0 saturated carbocycles. The van der Waals surface area contributed by atoms with Crippen LogP contribution >= 0.6 is 11.3 Å². The molecule has 1 aromatic rings. The van der Waals surface area contributed by atoms with Gasteiger partial charge in [0.15, 0.2) is 0 Å². The van der Waals surface area contributed by atoms with Crippen molar-refractivity contribution in [2.45, 2.75) is 36.2 Å². The van der Waals surface area contributed by atoms with Crippen molar-refractivity contribution in [1.29, 1.82) is 0 Å². The van der Waals surface area contributed by atoms with E-state index >= 15 is 0 Å². The molecule has 9 heteroatoms. The quantitative estimate of drug-likeness (QED) is 0.830. The van der Waals surface area contributed by atoms with Crippen LogP contribution < -0.4 is 5.32 Å². The highest BCUT2D eigenvalue weighted by Gasteiger charge is 2.41. The largest absolute Gasteiger partial charge is 0.379 e. The summed E-state index contributed by atoms with van der Waals surface area (Å²) in [5, 5.41) is 5.08. The maximum atomic E-state index is 13.2. The van der Waals surface area contributed by atoms with Gasteiger partial charge < -0.3 is 15.0 Å². The molecule has 3 saturated heterocycles. The fraction of sp³-hybridized carbons (Fsp3) is 0.688. The summed E-state index contributed by atoms with van der Waals surface area (Å²) in [6.45, 7) is 3.17. The minimum Gasteiger partial charge on any atom is -0.379 e. The second-order valence-corrected chi connectivity index (χ2v) is 9.54. The van der Waals surface area contributed by atoms with Crippen molar-refractivity contribution in [2.75, 3.05) is 39.4 Å². The Balaban J connectivity index is 1.64. The van der Waals surface area contributed by atoms with E-state index in [1.807, 2.05) is 4.90 Å². The molecular weight excluding hydrogens is 362 g/mol. The smallest absolute Gasteiger partial charge is 0.265 e. The van der Waals surface area contributed by atoms with Crippen molar-refractivity contribution < 1.29 is 17.9 Å². The molecule has 138 valence electrons. The van der Waals surface area contributed by atoms with Gasteiger partial charge in [0, 0.05) is 31.7 Å². The van der Waals surface area contributed by atoms with Crippen LogP contribution in [0.3, 0.4) is 0 Å². The summed E-state index contributed by atoms with van der Waals surface area (Å²) in [5.41, 5.74) is 0. The van der Waals surface area contributed by atoms with E-state index in [9.17, 15) is 13.2 Å². The molecule has 0 spiro atoms. The van der Waals surface area contributed by atoms with Crippen LogP contribution in [0.2, 0.25) is 0 Å². The molecule has 4 heterocycles. The zero-order valence-corrected chi connectivity index (χ0v) is 15.7. The number of nitrogens with one attached hydrogen (secondary N) is 1. The molecule has 3 fully saturated rings. The van der Waals surface area contributed by atoms with Crippen molar-refractivity contribution in [3.63, 3.8) is 0 Å². The summed E-state index contributed by atoms with van der Waals surface area (Å²) in [4.78, 5) is 15.7. The highest BCUT2D eigenvalue weighted by atomic mass is 32.2. The lowest BCUT2D eigenvalue weighted by atomic mass is 10.1. The van der Waals surface area contributed by atoms with Gasteiger partial charge in [-0.15, -0.1) is 11.3 Å². The van der Waals surface area contributed by atoms with Gasteiger partial charge in [0.1, 0.15) is 9.77 Å². The highest BCUT2D eigenvalue weighted by Crippen LogP contribution is 2.33. The number of nitrogens with zero attached hydrogens (tertiary/aromatic N) is 2. The minimum absolute atomic E-state index is 0.127. The number of carbonyl (C=O) groups is 1. The first kappa shape index (κ1) is 17.4. The normalized spacial score (nSPS) is 28.1. The van der Waals surface area contributed by atoms with Crippen LogP contribution in [0.5, 0.6) is 0 Å². The van der Waals surface area contributed by atoms with Crippen molar-refractivity contribution in [3.05, 3.63) is 16.3 Å². The van der Waals surface area contributed by atoms with Gasteiger partial charge in [-0.05, 0) is 37.3 Å². The highest BCUT2D eigenvalue weighted by molar-refractivity contribution is 7.89.